The Morgan fingerprint density at radius 1 is 1.33 bits per heavy atom. The first kappa shape index (κ1) is 17.8. The predicted octanol–water partition coefficient (Wildman–Crippen LogP) is 1.79. The van der Waals surface area contributed by atoms with Crippen LogP contribution in [0.15, 0.2) is 0 Å². The molecule has 1 rings (SSSR count). The summed E-state index contributed by atoms with van der Waals surface area (Å²) in [5, 5.41) is 2.90. The Morgan fingerprint density at radius 2 is 2.05 bits per heavy atom. The van der Waals surface area contributed by atoms with Crippen molar-refractivity contribution in [2.24, 2.45) is 5.92 Å². The van der Waals surface area contributed by atoms with E-state index in [1.807, 2.05) is 20.8 Å². The zero-order valence-electron chi connectivity index (χ0n) is 13.6. The van der Waals surface area contributed by atoms with Gasteiger partial charge in [0.2, 0.25) is 5.91 Å². The van der Waals surface area contributed by atoms with Gasteiger partial charge >= 0.3 is 6.09 Å². The summed E-state index contributed by atoms with van der Waals surface area (Å²) in [6.07, 6.45) is 2.07. The van der Waals surface area contributed by atoms with Crippen LogP contribution in [0.1, 0.15) is 40.0 Å². The molecule has 1 aliphatic heterocycles. The standard InChI is InChI=1S/C15H28N2O4/c1-15(2,3)21-14(19)17-8-5-6-12(11-17)10-16-13(18)7-9-20-4/h12H,5-11H2,1-4H3,(H,16,18). The molecule has 0 bridgehead atoms. The summed E-state index contributed by atoms with van der Waals surface area (Å²) in [4.78, 5) is 25.3. The summed E-state index contributed by atoms with van der Waals surface area (Å²) in [7, 11) is 1.58. The molecule has 0 aromatic rings. The highest BCUT2D eigenvalue weighted by atomic mass is 16.6. The molecule has 2 amide bonds. The zero-order valence-corrected chi connectivity index (χ0v) is 13.6. The lowest BCUT2D eigenvalue weighted by molar-refractivity contribution is -0.122. The molecule has 1 unspecified atom stereocenters. The highest BCUT2D eigenvalue weighted by Crippen LogP contribution is 2.18. The minimum atomic E-state index is -0.474. The van der Waals surface area contributed by atoms with Gasteiger partial charge in [-0.25, -0.2) is 4.79 Å². The number of nitrogens with zero attached hydrogens (tertiary/aromatic N) is 1. The quantitative estimate of drug-likeness (QED) is 0.840. The Labute approximate surface area is 127 Å². The van der Waals surface area contributed by atoms with Gasteiger partial charge in [-0.1, -0.05) is 0 Å². The minimum absolute atomic E-state index is 0.00811. The summed E-state index contributed by atoms with van der Waals surface area (Å²) in [6, 6.07) is 0. The van der Waals surface area contributed by atoms with Gasteiger partial charge in [0.1, 0.15) is 5.60 Å². The van der Waals surface area contributed by atoms with E-state index in [0.29, 0.717) is 26.1 Å². The molecule has 0 saturated carbocycles. The molecule has 0 aliphatic carbocycles. The number of hydrogen-bond donors (Lipinski definition) is 1. The zero-order chi connectivity index (χ0) is 15.9. The molecule has 1 aliphatic rings. The maximum Gasteiger partial charge on any atom is 0.410 e. The highest BCUT2D eigenvalue weighted by molar-refractivity contribution is 5.76. The minimum Gasteiger partial charge on any atom is -0.444 e. The molecule has 1 N–H and O–H groups in total. The number of likely N-dealkylation sites (tertiary alicyclic amines) is 1. The fraction of sp³-hybridized carbons (Fsp3) is 0.867. The van der Waals surface area contributed by atoms with Crippen LogP contribution in [0, 0.1) is 5.92 Å². The van der Waals surface area contributed by atoms with Crippen LogP contribution in [0.3, 0.4) is 0 Å². The molecule has 1 heterocycles. The molecule has 6 heteroatoms. The Kier molecular flexibility index (Phi) is 6.95. The van der Waals surface area contributed by atoms with Crippen LogP contribution < -0.4 is 5.32 Å². The number of rotatable bonds is 5. The molecule has 21 heavy (non-hydrogen) atoms. The third kappa shape index (κ3) is 7.32. The van der Waals surface area contributed by atoms with Gasteiger partial charge in [0, 0.05) is 33.2 Å². The molecular weight excluding hydrogens is 272 g/mol. The predicted molar refractivity (Wildman–Crippen MR) is 80.0 cm³/mol. The van der Waals surface area contributed by atoms with Crippen LogP contribution in [0.2, 0.25) is 0 Å². The first-order valence-corrected chi connectivity index (χ1v) is 7.55. The van der Waals surface area contributed by atoms with Crippen LogP contribution >= 0.6 is 0 Å². The van der Waals surface area contributed by atoms with Gasteiger partial charge in [0.05, 0.1) is 6.61 Å². The molecular formula is C15H28N2O4. The molecule has 1 fully saturated rings. The lowest BCUT2D eigenvalue weighted by Gasteiger charge is -2.34. The van der Waals surface area contributed by atoms with Gasteiger partial charge in [0.15, 0.2) is 0 Å². The third-order valence-electron chi connectivity index (χ3n) is 3.29. The molecule has 1 saturated heterocycles. The molecule has 6 nitrogen and oxygen atoms in total. The molecule has 122 valence electrons. The smallest absolute Gasteiger partial charge is 0.410 e. The van der Waals surface area contributed by atoms with Crippen LogP contribution in [-0.2, 0) is 14.3 Å². The van der Waals surface area contributed by atoms with Crippen molar-refractivity contribution < 1.29 is 19.1 Å². The summed E-state index contributed by atoms with van der Waals surface area (Å²) in [5.41, 5.74) is -0.474. The SMILES string of the molecule is COCCC(=O)NCC1CCCN(C(=O)OC(C)(C)C)C1. The van der Waals surface area contributed by atoms with Gasteiger partial charge in [-0.2, -0.15) is 0 Å². The summed E-state index contributed by atoms with van der Waals surface area (Å²) in [5.74, 6) is 0.281. The molecule has 0 aromatic heterocycles. The lowest BCUT2D eigenvalue weighted by Crippen LogP contribution is -2.45. The monoisotopic (exact) mass is 300 g/mol. The van der Waals surface area contributed by atoms with Crippen molar-refractivity contribution in [3.63, 3.8) is 0 Å². The van der Waals surface area contributed by atoms with E-state index in [2.05, 4.69) is 5.32 Å². The summed E-state index contributed by atoms with van der Waals surface area (Å²) in [6.45, 7) is 7.98. The van der Waals surface area contributed by atoms with E-state index >= 15 is 0 Å². The maximum atomic E-state index is 12.0. The Bertz CT molecular complexity index is 352. The second kappa shape index (κ2) is 8.22. The summed E-state index contributed by atoms with van der Waals surface area (Å²) >= 11 is 0. The van der Waals surface area contributed by atoms with Gasteiger partial charge < -0.3 is 19.7 Å². The number of methoxy groups -OCH3 is 1. The second-order valence-corrected chi connectivity index (χ2v) is 6.48. The highest BCUT2D eigenvalue weighted by Gasteiger charge is 2.27. The van der Waals surface area contributed by atoms with Crippen molar-refractivity contribution in [3.8, 4) is 0 Å². The van der Waals surface area contributed by atoms with E-state index < -0.39 is 5.60 Å². The first-order valence-electron chi connectivity index (χ1n) is 7.55. The van der Waals surface area contributed by atoms with E-state index in [1.54, 1.807) is 12.0 Å². The molecule has 0 spiro atoms. The van der Waals surface area contributed by atoms with E-state index in [0.717, 1.165) is 19.4 Å². The van der Waals surface area contributed by atoms with Crippen molar-refractivity contribution in [3.05, 3.63) is 0 Å². The van der Waals surface area contributed by atoms with Crippen molar-refractivity contribution >= 4 is 12.0 Å². The van der Waals surface area contributed by atoms with Gasteiger partial charge in [-0.05, 0) is 39.5 Å². The van der Waals surface area contributed by atoms with Gasteiger partial charge in [-0.15, -0.1) is 0 Å². The number of piperidine rings is 1. The molecule has 1 atom stereocenters. The average Bonchev–Trinajstić information content (AvgIpc) is 2.41. The van der Waals surface area contributed by atoms with Crippen molar-refractivity contribution in [1.82, 2.24) is 10.2 Å². The van der Waals surface area contributed by atoms with Crippen LogP contribution in [0.4, 0.5) is 4.79 Å². The van der Waals surface area contributed by atoms with Crippen molar-refractivity contribution in [2.75, 3.05) is 33.4 Å². The fourth-order valence-corrected chi connectivity index (χ4v) is 2.27. The lowest BCUT2D eigenvalue weighted by atomic mass is 9.98. The van der Waals surface area contributed by atoms with Crippen LogP contribution in [0.5, 0.6) is 0 Å². The third-order valence-corrected chi connectivity index (χ3v) is 3.29. The van der Waals surface area contributed by atoms with E-state index in [-0.39, 0.29) is 17.9 Å². The number of carbonyl (C=O) groups excluding carboxylic acids is 2. The fourth-order valence-electron chi connectivity index (χ4n) is 2.27. The van der Waals surface area contributed by atoms with Crippen LogP contribution in [-0.4, -0.2) is 55.9 Å². The molecule has 0 radical (unpaired) electrons. The van der Waals surface area contributed by atoms with Gasteiger partial charge in [-0.3, -0.25) is 4.79 Å². The summed E-state index contributed by atoms with van der Waals surface area (Å²) < 4.78 is 10.3. The number of carbonyl (C=O) groups is 2. The Balaban J connectivity index is 2.35. The van der Waals surface area contributed by atoms with E-state index in [4.69, 9.17) is 9.47 Å². The maximum absolute atomic E-state index is 12.0. The second-order valence-electron chi connectivity index (χ2n) is 6.48. The number of nitrogens with one attached hydrogen (secondary N) is 1. The number of amides is 2. The average molecular weight is 300 g/mol. The van der Waals surface area contributed by atoms with E-state index in [1.165, 1.54) is 0 Å². The van der Waals surface area contributed by atoms with E-state index in [9.17, 15) is 9.59 Å². The largest absolute Gasteiger partial charge is 0.444 e. The number of ether oxygens (including phenoxy) is 2. The van der Waals surface area contributed by atoms with Crippen molar-refractivity contribution in [2.45, 2.75) is 45.6 Å². The Morgan fingerprint density at radius 3 is 2.67 bits per heavy atom. The number of hydrogen-bond acceptors (Lipinski definition) is 4. The molecule has 0 aromatic carbocycles. The Hall–Kier alpha value is -1.30. The first-order chi connectivity index (χ1) is 9.81. The topological polar surface area (TPSA) is 67.9 Å². The van der Waals surface area contributed by atoms with Crippen molar-refractivity contribution in [1.29, 1.82) is 0 Å². The normalized spacial score (nSPS) is 19.2. The van der Waals surface area contributed by atoms with Gasteiger partial charge in [0.25, 0.3) is 0 Å². The van der Waals surface area contributed by atoms with Crippen LogP contribution in [0.25, 0.3) is 0 Å².